The van der Waals surface area contributed by atoms with E-state index in [2.05, 4.69) is 0 Å². The molecule has 0 radical (unpaired) electrons. The molecule has 0 fully saturated rings. The van der Waals surface area contributed by atoms with Crippen LogP contribution in [0.15, 0.2) is 12.2 Å². The van der Waals surface area contributed by atoms with Crippen molar-refractivity contribution in [1.82, 2.24) is 4.90 Å². The molecule has 0 aromatic rings. The Labute approximate surface area is 73.0 Å². The zero-order valence-corrected chi connectivity index (χ0v) is 6.71. The van der Waals surface area contributed by atoms with Crippen molar-refractivity contribution in [1.29, 1.82) is 0 Å². The van der Waals surface area contributed by atoms with Crippen LogP contribution in [0.2, 0.25) is 0 Å². The summed E-state index contributed by atoms with van der Waals surface area (Å²) in [7, 11) is 0. The Balaban J connectivity index is 2.59. The summed E-state index contributed by atoms with van der Waals surface area (Å²) in [5, 5.41) is 0. The second-order valence-electron chi connectivity index (χ2n) is 2.81. The van der Waals surface area contributed by atoms with Crippen LogP contribution in [-0.2, 0) is 0 Å². The lowest BCUT2D eigenvalue weighted by Crippen LogP contribution is -2.41. The minimum Gasteiger partial charge on any atom is -0.351 e. The Hall–Kier alpha value is -1.20. The van der Waals surface area contributed by atoms with Gasteiger partial charge in [-0.2, -0.15) is 13.2 Å². The lowest BCUT2D eigenvalue weighted by molar-refractivity contribution is -0.140. The fourth-order valence-corrected chi connectivity index (χ4v) is 1.24. The third-order valence-electron chi connectivity index (χ3n) is 1.78. The summed E-state index contributed by atoms with van der Waals surface area (Å²) in [6.45, 7) is 0.163. The zero-order chi connectivity index (χ0) is 10.1. The summed E-state index contributed by atoms with van der Waals surface area (Å²) in [4.78, 5) is 11.6. The Kier molecular flexibility index (Phi) is 2.49. The number of hydrogen-bond acceptors (Lipinski definition) is 1. The molecule has 74 valence electrons. The van der Waals surface area contributed by atoms with Crippen molar-refractivity contribution in [2.75, 3.05) is 6.54 Å². The maximum absolute atomic E-state index is 11.9. The molecule has 0 saturated heterocycles. The Morgan fingerprint density at radius 2 is 2.23 bits per heavy atom. The van der Waals surface area contributed by atoms with Crippen molar-refractivity contribution in [3.63, 3.8) is 0 Å². The number of nitrogens with zero attached hydrogens (tertiary/aromatic N) is 1. The maximum Gasteiger partial charge on any atom is 0.391 e. The number of urea groups is 1. The quantitative estimate of drug-likeness (QED) is 0.627. The fraction of sp³-hybridized carbons (Fsp3) is 0.571. The van der Waals surface area contributed by atoms with Gasteiger partial charge in [0.05, 0.1) is 12.5 Å². The van der Waals surface area contributed by atoms with E-state index in [1.807, 2.05) is 0 Å². The molecule has 0 aromatic carbocycles. The minimum absolute atomic E-state index is 0.163. The largest absolute Gasteiger partial charge is 0.391 e. The van der Waals surface area contributed by atoms with Gasteiger partial charge in [0.25, 0.3) is 0 Å². The highest BCUT2D eigenvalue weighted by atomic mass is 19.4. The van der Waals surface area contributed by atoms with Crippen molar-refractivity contribution in [3.8, 4) is 0 Å². The minimum atomic E-state index is -4.27. The highest BCUT2D eigenvalue weighted by molar-refractivity contribution is 5.73. The average Bonchev–Trinajstić information content (AvgIpc) is 2.31. The van der Waals surface area contributed by atoms with Crippen molar-refractivity contribution in [2.45, 2.75) is 18.6 Å². The predicted molar refractivity (Wildman–Crippen MR) is 39.9 cm³/mol. The summed E-state index contributed by atoms with van der Waals surface area (Å²) >= 11 is 0. The first-order valence-corrected chi connectivity index (χ1v) is 3.69. The number of nitrogens with two attached hydrogens (primary N) is 1. The van der Waals surface area contributed by atoms with Crippen molar-refractivity contribution in [3.05, 3.63) is 12.2 Å². The van der Waals surface area contributed by atoms with Crippen LogP contribution in [-0.4, -0.2) is 29.7 Å². The Morgan fingerprint density at radius 1 is 1.62 bits per heavy atom. The molecule has 13 heavy (non-hydrogen) atoms. The van der Waals surface area contributed by atoms with E-state index >= 15 is 0 Å². The predicted octanol–water partition coefficient (Wildman–Crippen LogP) is 1.26. The van der Waals surface area contributed by atoms with Gasteiger partial charge in [0.15, 0.2) is 0 Å². The molecule has 6 heteroatoms. The number of hydrogen-bond donors (Lipinski definition) is 1. The standard InChI is InChI=1S/C7H9F3N2O/c8-7(9,10)4-5-2-1-3-12(5)6(11)13/h1-2,5H,3-4H2,(H2,11,13). The highest BCUT2D eigenvalue weighted by Gasteiger charge is 2.35. The SMILES string of the molecule is NC(=O)N1CC=CC1CC(F)(F)F. The topological polar surface area (TPSA) is 46.3 Å². The van der Waals surface area contributed by atoms with Crippen LogP contribution in [0.4, 0.5) is 18.0 Å². The van der Waals surface area contributed by atoms with Gasteiger partial charge < -0.3 is 10.6 Å². The van der Waals surface area contributed by atoms with Gasteiger partial charge in [0, 0.05) is 6.54 Å². The first kappa shape index (κ1) is 9.88. The number of alkyl halides is 3. The molecule has 1 aliphatic heterocycles. The van der Waals surface area contributed by atoms with Crippen LogP contribution < -0.4 is 5.73 Å². The lowest BCUT2D eigenvalue weighted by Gasteiger charge is -2.23. The average molecular weight is 194 g/mol. The molecule has 0 bridgehead atoms. The summed E-state index contributed by atoms with van der Waals surface area (Å²) in [6.07, 6.45) is -2.46. The number of rotatable bonds is 1. The number of primary amides is 1. The van der Waals surface area contributed by atoms with Gasteiger partial charge >= 0.3 is 12.2 Å². The maximum atomic E-state index is 11.9. The van der Waals surface area contributed by atoms with Crippen LogP contribution in [0.1, 0.15) is 6.42 Å². The first-order valence-electron chi connectivity index (χ1n) is 3.69. The van der Waals surface area contributed by atoms with Gasteiger partial charge in [-0.3, -0.25) is 0 Å². The molecular weight excluding hydrogens is 185 g/mol. The summed E-state index contributed by atoms with van der Waals surface area (Å²) in [6, 6.07) is -1.75. The number of amides is 2. The van der Waals surface area contributed by atoms with E-state index < -0.39 is 24.7 Å². The molecule has 0 aliphatic carbocycles. The number of carbonyl (C=O) groups excluding carboxylic acids is 1. The van der Waals surface area contributed by atoms with E-state index in [1.54, 1.807) is 0 Å². The van der Waals surface area contributed by atoms with Gasteiger partial charge in [0.1, 0.15) is 0 Å². The molecule has 2 amide bonds. The highest BCUT2D eigenvalue weighted by Crippen LogP contribution is 2.26. The van der Waals surface area contributed by atoms with Crippen LogP contribution in [0.25, 0.3) is 0 Å². The van der Waals surface area contributed by atoms with Gasteiger partial charge in [-0.15, -0.1) is 0 Å². The van der Waals surface area contributed by atoms with Crippen LogP contribution in [0.3, 0.4) is 0 Å². The molecule has 0 aromatic heterocycles. The smallest absolute Gasteiger partial charge is 0.351 e. The molecule has 1 heterocycles. The van der Waals surface area contributed by atoms with E-state index in [4.69, 9.17) is 5.73 Å². The monoisotopic (exact) mass is 194 g/mol. The van der Waals surface area contributed by atoms with E-state index in [0.717, 1.165) is 4.90 Å². The molecule has 3 nitrogen and oxygen atoms in total. The van der Waals surface area contributed by atoms with E-state index in [-0.39, 0.29) is 6.54 Å². The number of halogens is 3. The Morgan fingerprint density at radius 3 is 2.69 bits per heavy atom. The number of carbonyl (C=O) groups is 1. The summed E-state index contributed by atoms with van der Waals surface area (Å²) < 4.78 is 35.8. The summed E-state index contributed by atoms with van der Waals surface area (Å²) in [5.41, 5.74) is 4.89. The zero-order valence-electron chi connectivity index (χ0n) is 6.71. The second kappa shape index (κ2) is 3.27. The first-order chi connectivity index (χ1) is 5.90. The molecule has 0 saturated carbocycles. The van der Waals surface area contributed by atoms with Crippen molar-refractivity contribution < 1.29 is 18.0 Å². The molecular formula is C7H9F3N2O. The van der Waals surface area contributed by atoms with Gasteiger partial charge in [-0.05, 0) is 0 Å². The molecule has 0 spiro atoms. The summed E-state index contributed by atoms with van der Waals surface area (Å²) in [5.74, 6) is 0. The van der Waals surface area contributed by atoms with Crippen LogP contribution in [0, 0.1) is 0 Å². The van der Waals surface area contributed by atoms with Gasteiger partial charge in [0.2, 0.25) is 0 Å². The Bertz CT molecular complexity index is 236. The fourth-order valence-electron chi connectivity index (χ4n) is 1.24. The molecule has 2 N–H and O–H groups in total. The molecule has 1 rings (SSSR count). The molecule has 1 atom stereocenters. The van der Waals surface area contributed by atoms with E-state index in [1.165, 1.54) is 12.2 Å². The van der Waals surface area contributed by atoms with Gasteiger partial charge in [-0.1, -0.05) is 12.2 Å². The van der Waals surface area contributed by atoms with Crippen LogP contribution >= 0.6 is 0 Å². The molecule has 1 unspecified atom stereocenters. The van der Waals surface area contributed by atoms with E-state index in [9.17, 15) is 18.0 Å². The lowest BCUT2D eigenvalue weighted by atomic mass is 10.2. The van der Waals surface area contributed by atoms with Crippen molar-refractivity contribution >= 4 is 6.03 Å². The third kappa shape index (κ3) is 2.64. The van der Waals surface area contributed by atoms with Crippen LogP contribution in [0.5, 0.6) is 0 Å². The second-order valence-corrected chi connectivity index (χ2v) is 2.81. The van der Waals surface area contributed by atoms with Crippen molar-refractivity contribution in [2.24, 2.45) is 5.73 Å². The van der Waals surface area contributed by atoms with Gasteiger partial charge in [-0.25, -0.2) is 4.79 Å². The normalized spacial score (nSPS) is 22.4. The molecule has 1 aliphatic rings. The van der Waals surface area contributed by atoms with E-state index in [0.29, 0.717) is 0 Å². The third-order valence-corrected chi connectivity index (χ3v) is 1.78.